The average molecular weight is 338 g/mol. The fourth-order valence-electron chi connectivity index (χ4n) is 3.19. The lowest BCUT2D eigenvalue weighted by molar-refractivity contribution is -0.131. The minimum Gasteiger partial charge on any atom is -0.494 e. The molecule has 1 aliphatic heterocycles. The Morgan fingerprint density at radius 1 is 0.960 bits per heavy atom. The molecule has 0 spiro atoms. The summed E-state index contributed by atoms with van der Waals surface area (Å²) in [7, 11) is 0. The van der Waals surface area contributed by atoms with E-state index in [0.717, 1.165) is 38.3 Å². The number of carbonyl (C=O) groups excluding carboxylic acids is 1. The number of amides is 1. The zero-order valence-electron chi connectivity index (χ0n) is 14.9. The van der Waals surface area contributed by atoms with E-state index in [1.54, 1.807) is 0 Å². The van der Waals surface area contributed by atoms with Gasteiger partial charge in [0.2, 0.25) is 5.91 Å². The van der Waals surface area contributed by atoms with Gasteiger partial charge in [-0.2, -0.15) is 0 Å². The molecule has 4 nitrogen and oxygen atoms in total. The molecule has 0 unspecified atom stereocenters. The third kappa shape index (κ3) is 4.75. The molecule has 0 aliphatic carbocycles. The van der Waals surface area contributed by atoms with Crippen LogP contribution in [0.25, 0.3) is 0 Å². The van der Waals surface area contributed by atoms with Crippen LogP contribution in [0.1, 0.15) is 18.9 Å². The molecule has 25 heavy (non-hydrogen) atoms. The Labute approximate surface area is 150 Å². The first kappa shape index (κ1) is 17.3. The maximum Gasteiger partial charge on any atom is 0.223 e. The Kier molecular flexibility index (Phi) is 5.94. The van der Waals surface area contributed by atoms with E-state index in [9.17, 15) is 4.79 Å². The van der Waals surface area contributed by atoms with Gasteiger partial charge in [0.15, 0.2) is 0 Å². The van der Waals surface area contributed by atoms with Crippen molar-refractivity contribution in [2.75, 3.05) is 37.7 Å². The van der Waals surface area contributed by atoms with Gasteiger partial charge in [-0.05, 0) is 43.2 Å². The maximum absolute atomic E-state index is 12.4. The van der Waals surface area contributed by atoms with E-state index in [4.69, 9.17) is 4.74 Å². The van der Waals surface area contributed by atoms with Crippen molar-refractivity contribution < 1.29 is 9.53 Å². The third-order valence-electron chi connectivity index (χ3n) is 4.62. The predicted molar refractivity (Wildman–Crippen MR) is 101 cm³/mol. The smallest absolute Gasteiger partial charge is 0.223 e. The van der Waals surface area contributed by atoms with Crippen LogP contribution >= 0.6 is 0 Å². The van der Waals surface area contributed by atoms with E-state index in [1.165, 1.54) is 11.3 Å². The normalized spacial score (nSPS) is 14.4. The number of hydrogen-bond acceptors (Lipinski definition) is 3. The second-order valence-electron chi connectivity index (χ2n) is 6.28. The van der Waals surface area contributed by atoms with Gasteiger partial charge in [0.1, 0.15) is 5.75 Å². The molecule has 132 valence electrons. The standard InChI is InChI=1S/C21H26N2O2/c1-2-25-20-11-9-19(10-12-20)22-14-16-23(17-15-22)21(24)13-8-18-6-4-3-5-7-18/h3-7,9-12H,2,8,13-17H2,1H3. The molecule has 1 heterocycles. The van der Waals surface area contributed by atoms with Crippen LogP contribution in [0.15, 0.2) is 54.6 Å². The van der Waals surface area contributed by atoms with Crippen LogP contribution in [-0.2, 0) is 11.2 Å². The fourth-order valence-corrected chi connectivity index (χ4v) is 3.19. The van der Waals surface area contributed by atoms with Crippen LogP contribution < -0.4 is 9.64 Å². The number of hydrogen-bond donors (Lipinski definition) is 0. The summed E-state index contributed by atoms with van der Waals surface area (Å²) in [5.74, 6) is 1.16. The maximum atomic E-state index is 12.4. The van der Waals surface area contributed by atoms with E-state index in [-0.39, 0.29) is 5.91 Å². The predicted octanol–water partition coefficient (Wildman–Crippen LogP) is 3.37. The molecule has 0 bridgehead atoms. The van der Waals surface area contributed by atoms with Crippen LogP contribution in [0, 0.1) is 0 Å². The fraction of sp³-hybridized carbons (Fsp3) is 0.381. The summed E-state index contributed by atoms with van der Waals surface area (Å²) in [4.78, 5) is 16.7. The second-order valence-corrected chi connectivity index (χ2v) is 6.28. The topological polar surface area (TPSA) is 32.8 Å². The van der Waals surface area contributed by atoms with Crippen molar-refractivity contribution in [1.29, 1.82) is 0 Å². The molecular weight excluding hydrogens is 312 g/mol. The minimum atomic E-state index is 0.259. The summed E-state index contributed by atoms with van der Waals surface area (Å²) in [6.07, 6.45) is 1.41. The molecule has 1 aliphatic rings. The van der Waals surface area contributed by atoms with Gasteiger partial charge in [-0.1, -0.05) is 30.3 Å². The molecule has 4 heteroatoms. The molecule has 1 saturated heterocycles. The van der Waals surface area contributed by atoms with E-state index < -0.39 is 0 Å². The Bertz CT molecular complexity index is 662. The summed E-state index contributed by atoms with van der Waals surface area (Å²) >= 11 is 0. The molecule has 0 aromatic heterocycles. The van der Waals surface area contributed by atoms with Gasteiger partial charge >= 0.3 is 0 Å². The largest absolute Gasteiger partial charge is 0.494 e. The highest BCUT2D eigenvalue weighted by Gasteiger charge is 2.21. The Morgan fingerprint density at radius 3 is 2.28 bits per heavy atom. The third-order valence-corrected chi connectivity index (χ3v) is 4.62. The van der Waals surface area contributed by atoms with Crippen LogP contribution in [0.3, 0.4) is 0 Å². The van der Waals surface area contributed by atoms with Gasteiger partial charge < -0.3 is 14.5 Å². The Balaban J connectivity index is 1.47. The molecule has 0 saturated carbocycles. The van der Waals surface area contributed by atoms with Gasteiger partial charge in [0.25, 0.3) is 0 Å². The quantitative estimate of drug-likeness (QED) is 0.810. The SMILES string of the molecule is CCOc1ccc(N2CCN(C(=O)CCc3ccccc3)CC2)cc1. The first-order chi connectivity index (χ1) is 12.3. The molecule has 0 radical (unpaired) electrons. The number of carbonyl (C=O) groups is 1. The zero-order chi connectivity index (χ0) is 17.5. The summed E-state index contributed by atoms with van der Waals surface area (Å²) in [5, 5.41) is 0. The van der Waals surface area contributed by atoms with Crippen LogP contribution in [0.2, 0.25) is 0 Å². The number of nitrogens with zero attached hydrogens (tertiary/aromatic N) is 2. The molecule has 2 aromatic rings. The van der Waals surface area contributed by atoms with E-state index in [2.05, 4.69) is 29.2 Å². The first-order valence-electron chi connectivity index (χ1n) is 9.06. The summed E-state index contributed by atoms with van der Waals surface area (Å²) in [5.41, 5.74) is 2.42. The highest BCUT2D eigenvalue weighted by atomic mass is 16.5. The van der Waals surface area contributed by atoms with Crippen molar-refractivity contribution in [3.63, 3.8) is 0 Å². The lowest BCUT2D eigenvalue weighted by Gasteiger charge is -2.36. The Hall–Kier alpha value is -2.49. The highest BCUT2D eigenvalue weighted by Crippen LogP contribution is 2.21. The van der Waals surface area contributed by atoms with Crippen molar-refractivity contribution in [2.24, 2.45) is 0 Å². The minimum absolute atomic E-state index is 0.259. The molecule has 2 aromatic carbocycles. The number of piperazine rings is 1. The van der Waals surface area contributed by atoms with Crippen LogP contribution in [-0.4, -0.2) is 43.6 Å². The summed E-state index contributed by atoms with van der Waals surface area (Å²) in [6.45, 7) is 6.02. The number of anilines is 1. The van der Waals surface area contributed by atoms with E-state index in [0.29, 0.717) is 13.0 Å². The molecule has 3 rings (SSSR count). The van der Waals surface area contributed by atoms with Crippen molar-refractivity contribution in [3.8, 4) is 5.75 Å². The molecule has 0 atom stereocenters. The van der Waals surface area contributed by atoms with Gasteiger partial charge in [-0.25, -0.2) is 0 Å². The molecule has 0 N–H and O–H groups in total. The number of ether oxygens (including phenoxy) is 1. The Morgan fingerprint density at radius 2 is 1.64 bits per heavy atom. The first-order valence-corrected chi connectivity index (χ1v) is 9.06. The number of rotatable bonds is 6. The molecule has 1 fully saturated rings. The van der Waals surface area contributed by atoms with Crippen molar-refractivity contribution in [3.05, 3.63) is 60.2 Å². The van der Waals surface area contributed by atoms with E-state index >= 15 is 0 Å². The van der Waals surface area contributed by atoms with Crippen LogP contribution in [0.5, 0.6) is 5.75 Å². The number of benzene rings is 2. The lowest BCUT2D eigenvalue weighted by atomic mass is 10.1. The summed E-state index contributed by atoms with van der Waals surface area (Å²) in [6, 6.07) is 18.4. The average Bonchev–Trinajstić information content (AvgIpc) is 2.68. The van der Waals surface area contributed by atoms with Crippen LogP contribution in [0.4, 0.5) is 5.69 Å². The van der Waals surface area contributed by atoms with Gasteiger partial charge in [0, 0.05) is 38.3 Å². The lowest BCUT2D eigenvalue weighted by Crippen LogP contribution is -2.48. The zero-order valence-corrected chi connectivity index (χ0v) is 14.9. The molecule has 1 amide bonds. The van der Waals surface area contributed by atoms with Gasteiger partial charge in [0.05, 0.1) is 6.61 Å². The monoisotopic (exact) mass is 338 g/mol. The summed E-state index contributed by atoms with van der Waals surface area (Å²) < 4.78 is 5.49. The van der Waals surface area contributed by atoms with Crippen molar-refractivity contribution in [1.82, 2.24) is 4.90 Å². The van der Waals surface area contributed by atoms with Gasteiger partial charge in [-0.15, -0.1) is 0 Å². The molecular formula is C21H26N2O2. The van der Waals surface area contributed by atoms with E-state index in [1.807, 2.05) is 42.2 Å². The highest BCUT2D eigenvalue weighted by molar-refractivity contribution is 5.76. The number of aryl methyl sites for hydroxylation is 1. The van der Waals surface area contributed by atoms with Crippen molar-refractivity contribution >= 4 is 11.6 Å². The van der Waals surface area contributed by atoms with Crippen molar-refractivity contribution in [2.45, 2.75) is 19.8 Å². The second kappa shape index (κ2) is 8.56. The van der Waals surface area contributed by atoms with Gasteiger partial charge in [-0.3, -0.25) is 4.79 Å².